The second-order valence-corrected chi connectivity index (χ2v) is 8.62. The number of methoxy groups -OCH3 is 1. The van der Waals surface area contributed by atoms with Gasteiger partial charge in [-0.1, -0.05) is 36.4 Å². The minimum Gasteiger partial charge on any atom is -0.497 e. The molecule has 1 unspecified atom stereocenters. The van der Waals surface area contributed by atoms with Crippen LogP contribution in [-0.2, 0) is 17.3 Å². The van der Waals surface area contributed by atoms with E-state index in [1.165, 1.54) is 22.9 Å². The predicted octanol–water partition coefficient (Wildman–Crippen LogP) is 4.51. The van der Waals surface area contributed by atoms with Gasteiger partial charge < -0.3 is 4.74 Å². The number of nitrogens with zero attached hydrogens (tertiary/aromatic N) is 2. The minimum absolute atomic E-state index is 0.268. The molecule has 0 aliphatic carbocycles. The van der Waals surface area contributed by atoms with Gasteiger partial charge in [0.25, 0.3) is 5.56 Å². The molecule has 0 spiro atoms. The van der Waals surface area contributed by atoms with Crippen LogP contribution in [0.5, 0.6) is 5.75 Å². The van der Waals surface area contributed by atoms with Crippen molar-refractivity contribution in [1.82, 2.24) is 9.78 Å². The van der Waals surface area contributed by atoms with E-state index in [4.69, 9.17) is 4.74 Å². The number of rotatable bonds is 6. The van der Waals surface area contributed by atoms with Crippen molar-refractivity contribution in [2.75, 3.05) is 13.4 Å². The van der Waals surface area contributed by atoms with E-state index in [0.717, 1.165) is 16.9 Å². The maximum absolute atomic E-state index is 13.5. The Morgan fingerprint density at radius 1 is 0.938 bits per heavy atom. The standard InChI is InChI=1S/C25H21FN2O3S/c1-31-21-11-3-17(4-12-21)16-28-24(29)15-23(18-5-9-20(26)10-6-18)25(27-28)19-7-13-22(14-8-19)32(2)30/h3-15H,16H2,1-2H3. The molecule has 1 aromatic heterocycles. The molecule has 162 valence electrons. The number of hydrogen-bond acceptors (Lipinski definition) is 4. The van der Waals surface area contributed by atoms with E-state index >= 15 is 0 Å². The highest BCUT2D eigenvalue weighted by atomic mass is 32.2. The first-order valence-electron chi connectivity index (χ1n) is 9.89. The van der Waals surface area contributed by atoms with E-state index in [2.05, 4.69) is 5.10 Å². The zero-order valence-electron chi connectivity index (χ0n) is 17.6. The summed E-state index contributed by atoms with van der Waals surface area (Å²) in [5.41, 5.74) is 3.27. The summed E-state index contributed by atoms with van der Waals surface area (Å²) < 4.78 is 31.8. The molecule has 0 aliphatic rings. The third kappa shape index (κ3) is 4.68. The van der Waals surface area contributed by atoms with Crippen molar-refractivity contribution in [3.05, 3.63) is 101 Å². The fraction of sp³-hybridized carbons (Fsp3) is 0.120. The molecule has 5 nitrogen and oxygen atoms in total. The fourth-order valence-corrected chi connectivity index (χ4v) is 3.89. The van der Waals surface area contributed by atoms with Gasteiger partial charge in [-0.3, -0.25) is 9.00 Å². The lowest BCUT2D eigenvalue weighted by Crippen LogP contribution is -2.24. The maximum atomic E-state index is 13.5. The average molecular weight is 449 g/mol. The number of hydrogen-bond donors (Lipinski definition) is 0. The Morgan fingerprint density at radius 3 is 2.16 bits per heavy atom. The molecule has 3 aromatic carbocycles. The van der Waals surface area contributed by atoms with E-state index in [0.29, 0.717) is 21.7 Å². The van der Waals surface area contributed by atoms with Crippen molar-refractivity contribution in [1.29, 1.82) is 0 Å². The maximum Gasteiger partial charge on any atom is 0.267 e. The monoisotopic (exact) mass is 448 g/mol. The largest absolute Gasteiger partial charge is 0.497 e. The smallest absolute Gasteiger partial charge is 0.267 e. The molecular weight excluding hydrogens is 427 g/mol. The lowest BCUT2D eigenvalue weighted by atomic mass is 10.00. The van der Waals surface area contributed by atoms with E-state index in [9.17, 15) is 13.4 Å². The molecule has 1 heterocycles. The van der Waals surface area contributed by atoms with Gasteiger partial charge in [-0.15, -0.1) is 0 Å². The zero-order valence-corrected chi connectivity index (χ0v) is 18.4. The molecule has 0 N–H and O–H groups in total. The van der Waals surface area contributed by atoms with Gasteiger partial charge in [0.15, 0.2) is 0 Å². The van der Waals surface area contributed by atoms with Crippen molar-refractivity contribution in [2.24, 2.45) is 0 Å². The Balaban J connectivity index is 1.82. The summed E-state index contributed by atoms with van der Waals surface area (Å²) in [5.74, 6) is 0.376. The van der Waals surface area contributed by atoms with Gasteiger partial charge in [-0.05, 0) is 47.5 Å². The van der Waals surface area contributed by atoms with Crippen molar-refractivity contribution in [3.8, 4) is 28.1 Å². The normalized spacial score (nSPS) is 11.8. The summed E-state index contributed by atoms with van der Waals surface area (Å²) >= 11 is 0. The molecule has 0 aliphatic heterocycles. The summed E-state index contributed by atoms with van der Waals surface area (Å²) in [7, 11) is 0.496. The second-order valence-electron chi connectivity index (χ2n) is 7.24. The van der Waals surface area contributed by atoms with E-state index < -0.39 is 10.8 Å². The highest BCUT2D eigenvalue weighted by Gasteiger charge is 2.14. The van der Waals surface area contributed by atoms with Crippen LogP contribution in [0.3, 0.4) is 0 Å². The van der Waals surface area contributed by atoms with E-state index in [1.807, 2.05) is 36.4 Å². The van der Waals surface area contributed by atoms with Crippen molar-refractivity contribution in [3.63, 3.8) is 0 Å². The van der Waals surface area contributed by atoms with E-state index in [-0.39, 0.29) is 17.9 Å². The Bertz CT molecular complexity index is 1320. The van der Waals surface area contributed by atoms with Crippen molar-refractivity contribution in [2.45, 2.75) is 11.4 Å². The summed E-state index contributed by atoms with van der Waals surface area (Å²) in [6.07, 6.45) is 1.62. The molecule has 0 saturated heterocycles. The third-order valence-electron chi connectivity index (χ3n) is 5.10. The van der Waals surface area contributed by atoms with Crippen molar-refractivity contribution < 1.29 is 13.3 Å². The van der Waals surface area contributed by atoms with Crippen LogP contribution < -0.4 is 10.3 Å². The van der Waals surface area contributed by atoms with Gasteiger partial charge in [0.1, 0.15) is 11.6 Å². The molecular formula is C25H21FN2O3S. The van der Waals surface area contributed by atoms with Gasteiger partial charge in [0.05, 0.1) is 19.3 Å². The van der Waals surface area contributed by atoms with Crippen LogP contribution in [0.2, 0.25) is 0 Å². The first kappa shape index (κ1) is 21.6. The Labute approximate surface area is 187 Å². The number of halogens is 1. The molecule has 32 heavy (non-hydrogen) atoms. The predicted molar refractivity (Wildman–Crippen MR) is 124 cm³/mol. The van der Waals surface area contributed by atoms with Crippen LogP contribution in [-0.4, -0.2) is 27.4 Å². The van der Waals surface area contributed by atoms with Gasteiger partial charge in [-0.25, -0.2) is 9.07 Å². The molecule has 0 amide bonds. The van der Waals surface area contributed by atoms with Crippen LogP contribution in [0.4, 0.5) is 4.39 Å². The second kappa shape index (κ2) is 9.28. The summed E-state index contributed by atoms with van der Waals surface area (Å²) in [6.45, 7) is 0.288. The summed E-state index contributed by atoms with van der Waals surface area (Å²) in [5, 5.41) is 4.66. The molecule has 0 saturated carbocycles. The molecule has 7 heteroatoms. The first-order valence-corrected chi connectivity index (χ1v) is 11.5. The molecule has 0 radical (unpaired) electrons. The van der Waals surface area contributed by atoms with Crippen LogP contribution in [0.15, 0.2) is 88.6 Å². The van der Waals surface area contributed by atoms with Crippen LogP contribution in [0.1, 0.15) is 5.56 Å². The number of ether oxygens (including phenoxy) is 1. The Morgan fingerprint density at radius 2 is 1.56 bits per heavy atom. The molecule has 4 aromatic rings. The fourth-order valence-electron chi connectivity index (χ4n) is 3.37. The number of aromatic nitrogens is 2. The van der Waals surface area contributed by atoms with Gasteiger partial charge in [0, 0.05) is 39.1 Å². The number of benzene rings is 3. The SMILES string of the molecule is COc1ccc(Cn2nc(-c3ccc(S(C)=O)cc3)c(-c3ccc(F)cc3)cc2=O)cc1. The van der Waals surface area contributed by atoms with Crippen molar-refractivity contribution >= 4 is 10.8 Å². The lowest BCUT2D eigenvalue weighted by molar-refractivity contribution is 0.414. The van der Waals surface area contributed by atoms with Crippen LogP contribution >= 0.6 is 0 Å². The van der Waals surface area contributed by atoms with E-state index in [1.54, 1.807) is 37.6 Å². The molecule has 0 bridgehead atoms. The molecule has 0 fully saturated rings. The Hall–Kier alpha value is -3.58. The average Bonchev–Trinajstić information content (AvgIpc) is 2.81. The van der Waals surface area contributed by atoms with Crippen LogP contribution in [0.25, 0.3) is 22.4 Å². The quantitative estimate of drug-likeness (QED) is 0.435. The van der Waals surface area contributed by atoms with Gasteiger partial charge in [-0.2, -0.15) is 5.10 Å². The lowest BCUT2D eigenvalue weighted by Gasteiger charge is -2.13. The van der Waals surface area contributed by atoms with Gasteiger partial charge in [0.2, 0.25) is 0 Å². The summed E-state index contributed by atoms with van der Waals surface area (Å²) in [6, 6.07) is 22.1. The van der Waals surface area contributed by atoms with Crippen LogP contribution in [0, 0.1) is 5.82 Å². The zero-order chi connectivity index (χ0) is 22.7. The molecule has 4 rings (SSSR count). The third-order valence-corrected chi connectivity index (χ3v) is 6.04. The highest BCUT2D eigenvalue weighted by Crippen LogP contribution is 2.30. The highest BCUT2D eigenvalue weighted by molar-refractivity contribution is 7.84. The minimum atomic E-state index is -1.10. The summed E-state index contributed by atoms with van der Waals surface area (Å²) in [4.78, 5) is 13.6. The first-order chi connectivity index (χ1) is 15.4. The Kier molecular flexibility index (Phi) is 6.28. The van der Waals surface area contributed by atoms with Gasteiger partial charge >= 0.3 is 0 Å². The topological polar surface area (TPSA) is 61.2 Å². The molecule has 1 atom stereocenters.